The number of ether oxygens (including phenoxy) is 1. The zero-order valence-corrected chi connectivity index (χ0v) is 13.3. The molecule has 2 heterocycles. The van der Waals surface area contributed by atoms with Crippen molar-refractivity contribution in [2.45, 2.75) is 13.8 Å². The molecule has 0 saturated heterocycles. The number of aryl methyl sites for hydroxylation is 2. The van der Waals surface area contributed by atoms with Crippen molar-refractivity contribution >= 4 is 32.7 Å². The first kappa shape index (κ1) is 13.8. The van der Waals surface area contributed by atoms with Gasteiger partial charge in [-0.15, -0.1) is 0 Å². The van der Waals surface area contributed by atoms with Gasteiger partial charge < -0.3 is 10.5 Å². The molecule has 2 N–H and O–H groups in total. The van der Waals surface area contributed by atoms with Crippen LogP contribution in [0.5, 0.6) is 11.5 Å². The van der Waals surface area contributed by atoms with Crippen molar-refractivity contribution in [1.29, 1.82) is 0 Å². The second-order valence-electron chi connectivity index (χ2n) is 4.91. The number of pyridine rings is 2. The fraction of sp³-hybridized carbons (Fsp3) is 0.125. The minimum atomic E-state index is 0.680. The average molecular weight is 344 g/mol. The molecule has 3 aromatic rings. The quantitative estimate of drug-likeness (QED) is 0.701. The van der Waals surface area contributed by atoms with Gasteiger partial charge in [-0.2, -0.15) is 0 Å². The highest BCUT2D eigenvalue weighted by molar-refractivity contribution is 9.10. The predicted octanol–water partition coefficient (Wildman–Crippen LogP) is 4.38. The summed E-state index contributed by atoms with van der Waals surface area (Å²) < 4.78 is 6.91. The average Bonchev–Trinajstić information content (AvgIpc) is 2.44. The molecule has 0 amide bonds. The van der Waals surface area contributed by atoms with Crippen LogP contribution < -0.4 is 10.5 Å². The highest BCUT2D eigenvalue weighted by atomic mass is 79.9. The number of nitrogens with two attached hydrogens (primary N) is 1. The summed E-state index contributed by atoms with van der Waals surface area (Å²) >= 11 is 3.40. The molecule has 0 saturated carbocycles. The van der Waals surface area contributed by atoms with E-state index in [0.29, 0.717) is 5.75 Å². The molecule has 0 radical (unpaired) electrons. The lowest BCUT2D eigenvalue weighted by Gasteiger charge is -2.12. The number of fused-ring (bicyclic) bond motifs is 1. The predicted molar refractivity (Wildman–Crippen MR) is 87.6 cm³/mol. The minimum Gasteiger partial charge on any atom is -0.455 e. The van der Waals surface area contributed by atoms with Crippen LogP contribution in [0.4, 0.5) is 5.69 Å². The number of hydrogen-bond donors (Lipinski definition) is 1. The van der Waals surface area contributed by atoms with Crippen molar-refractivity contribution in [2.75, 3.05) is 5.73 Å². The molecular formula is C16H14BrN3O. The maximum atomic E-state index is 6.02. The summed E-state index contributed by atoms with van der Waals surface area (Å²) in [6, 6.07) is 7.58. The summed E-state index contributed by atoms with van der Waals surface area (Å²) in [6.07, 6.45) is 3.45. The first-order chi connectivity index (χ1) is 10.0. The number of benzene rings is 1. The smallest absolute Gasteiger partial charge is 0.156 e. The van der Waals surface area contributed by atoms with Gasteiger partial charge in [0.25, 0.3) is 0 Å². The summed E-state index contributed by atoms with van der Waals surface area (Å²) in [5, 5.41) is 0. The second kappa shape index (κ2) is 5.33. The van der Waals surface area contributed by atoms with E-state index in [2.05, 4.69) is 25.9 Å². The van der Waals surface area contributed by atoms with Crippen LogP contribution in [0, 0.1) is 13.8 Å². The molecule has 3 rings (SSSR count). The monoisotopic (exact) mass is 343 g/mol. The molecule has 0 aliphatic rings. The van der Waals surface area contributed by atoms with Gasteiger partial charge >= 0.3 is 0 Å². The molecule has 0 aliphatic heterocycles. The molecule has 106 valence electrons. The van der Waals surface area contributed by atoms with Gasteiger partial charge in [0.1, 0.15) is 11.3 Å². The number of nitrogens with zero attached hydrogens (tertiary/aromatic N) is 2. The Balaban J connectivity index is 2.08. The molecule has 1 aromatic carbocycles. The largest absolute Gasteiger partial charge is 0.455 e. The standard InChI is InChI=1S/C16H14BrN3O/c1-9-6-15(10(2)5-12(9)18)21-14-3-4-19-13-7-11(17)8-20-16(13)14/h3-8H,18H2,1-2H3. The van der Waals surface area contributed by atoms with Crippen molar-refractivity contribution in [2.24, 2.45) is 0 Å². The van der Waals surface area contributed by atoms with Gasteiger partial charge in [-0.1, -0.05) is 0 Å². The van der Waals surface area contributed by atoms with Crippen LogP contribution >= 0.6 is 15.9 Å². The first-order valence-corrected chi connectivity index (χ1v) is 7.29. The zero-order chi connectivity index (χ0) is 15.0. The second-order valence-corrected chi connectivity index (χ2v) is 5.82. The van der Waals surface area contributed by atoms with Crippen molar-refractivity contribution < 1.29 is 4.74 Å². The van der Waals surface area contributed by atoms with E-state index in [1.54, 1.807) is 12.4 Å². The molecular weight excluding hydrogens is 330 g/mol. The van der Waals surface area contributed by atoms with Crippen LogP contribution in [0.25, 0.3) is 11.0 Å². The number of rotatable bonds is 2. The molecule has 0 atom stereocenters. The zero-order valence-electron chi connectivity index (χ0n) is 11.7. The van der Waals surface area contributed by atoms with Crippen molar-refractivity contribution in [3.8, 4) is 11.5 Å². The number of anilines is 1. The van der Waals surface area contributed by atoms with Gasteiger partial charge in [-0.05, 0) is 59.1 Å². The Morgan fingerprint density at radius 1 is 1.05 bits per heavy atom. The minimum absolute atomic E-state index is 0.680. The topological polar surface area (TPSA) is 61.0 Å². The molecule has 4 nitrogen and oxygen atoms in total. The lowest BCUT2D eigenvalue weighted by molar-refractivity contribution is 0.482. The molecule has 0 bridgehead atoms. The van der Waals surface area contributed by atoms with E-state index in [1.807, 2.05) is 38.1 Å². The van der Waals surface area contributed by atoms with Gasteiger partial charge in [0.15, 0.2) is 5.75 Å². The van der Waals surface area contributed by atoms with Crippen LogP contribution in [-0.2, 0) is 0 Å². The summed E-state index contributed by atoms with van der Waals surface area (Å²) in [6.45, 7) is 3.93. The number of aromatic nitrogens is 2. The summed E-state index contributed by atoms with van der Waals surface area (Å²) in [5.41, 5.74) is 10.2. The number of nitrogen functional groups attached to an aromatic ring is 1. The summed E-state index contributed by atoms with van der Waals surface area (Å²) in [4.78, 5) is 8.69. The van der Waals surface area contributed by atoms with E-state index in [-0.39, 0.29) is 0 Å². The highest BCUT2D eigenvalue weighted by Gasteiger charge is 2.09. The van der Waals surface area contributed by atoms with Gasteiger partial charge in [-0.3, -0.25) is 4.98 Å². The third kappa shape index (κ3) is 2.69. The summed E-state index contributed by atoms with van der Waals surface area (Å²) in [5.74, 6) is 1.46. The van der Waals surface area contributed by atoms with Crippen molar-refractivity contribution in [1.82, 2.24) is 9.97 Å². The van der Waals surface area contributed by atoms with Gasteiger partial charge in [-0.25, -0.2) is 4.98 Å². The van der Waals surface area contributed by atoms with Gasteiger partial charge in [0, 0.05) is 28.6 Å². The molecule has 0 spiro atoms. The van der Waals surface area contributed by atoms with E-state index < -0.39 is 0 Å². The van der Waals surface area contributed by atoms with Crippen molar-refractivity contribution in [3.63, 3.8) is 0 Å². The fourth-order valence-corrected chi connectivity index (χ4v) is 2.42. The maximum absolute atomic E-state index is 6.02. The SMILES string of the molecule is Cc1cc(Oc2ccnc3cc(Br)cnc23)c(C)cc1N. The third-order valence-corrected chi connectivity index (χ3v) is 3.72. The Hall–Kier alpha value is -2.14. The number of halogens is 1. The summed E-state index contributed by atoms with van der Waals surface area (Å²) in [7, 11) is 0. The van der Waals surface area contributed by atoms with Crippen LogP contribution in [0.15, 0.2) is 41.1 Å². The molecule has 0 unspecified atom stereocenters. The van der Waals surface area contributed by atoms with E-state index in [1.165, 1.54) is 0 Å². The lowest BCUT2D eigenvalue weighted by Crippen LogP contribution is -1.95. The lowest BCUT2D eigenvalue weighted by atomic mass is 10.1. The van der Waals surface area contributed by atoms with E-state index in [4.69, 9.17) is 10.5 Å². The van der Waals surface area contributed by atoms with Crippen LogP contribution in [0.3, 0.4) is 0 Å². The van der Waals surface area contributed by atoms with E-state index in [9.17, 15) is 0 Å². The fourth-order valence-electron chi connectivity index (χ4n) is 2.10. The Morgan fingerprint density at radius 2 is 1.86 bits per heavy atom. The van der Waals surface area contributed by atoms with Crippen LogP contribution in [-0.4, -0.2) is 9.97 Å². The Bertz CT molecular complexity index is 833. The maximum Gasteiger partial charge on any atom is 0.156 e. The van der Waals surface area contributed by atoms with Crippen LogP contribution in [0.1, 0.15) is 11.1 Å². The number of hydrogen-bond acceptors (Lipinski definition) is 4. The van der Waals surface area contributed by atoms with Gasteiger partial charge in [0.2, 0.25) is 0 Å². The molecule has 2 aromatic heterocycles. The molecule has 0 aliphatic carbocycles. The van der Waals surface area contributed by atoms with Crippen molar-refractivity contribution in [3.05, 3.63) is 52.3 Å². The Morgan fingerprint density at radius 3 is 2.67 bits per heavy atom. The highest BCUT2D eigenvalue weighted by Crippen LogP contribution is 2.32. The molecule has 21 heavy (non-hydrogen) atoms. The van der Waals surface area contributed by atoms with Gasteiger partial charge in [0.05, 0.1) is 5.52 Å². The van der Waals surface area contributed by atoms with E-state index in [0.717, 1.165) is 38.1 Å². The Kier molecular flexibility index (Phi) is 3.51. The first-order valence-electron chi connectivity index (χ1n) is 6.49. The Labute approximate surface area is 131 Å². The third-order valence-electron chi connectivity index (χ3n) is 3.29. The van der Waals surface area contributed by atoms with Crippen LogP contribution in [0.2, 0.25) is 0 Å². The molecule has 5 heteroatoms. The molecule has 0 fully saturated rings. The normalized spacial score (nSPS) is 10.8. The van der Waals surface area contributed by atoms with E-state index >= 15 is 0 Å².